The number of aliphatic hydroxyl groups is 1. The summed E-state index contributed by atoms with van der Waals surface area (Å²) < 4.78 is 76.1. The van der Waals surface area contributed by atoms with Crippen LogP contribution in [0.2, 0.25) is 0 Å². The van der Waals surface area contributed by atoms with Gasteiger partial charge in [0.2, 0.25) is 5.88 Å². The number of ether oxygens (including phenoxy) is 1. The molecule has 0 unspecified atom stereocenters. The second-order valence-corrected chi connectivity index (χ2v) is 4.15. The van der Waals surface area contributed by atoms with Crippen LogP contribution in [-0.4, -0.2) is 16.5 Å². The van der Waals surface area contributed by atoms with Gasteiger partial charge in [-0.1, -0.05) is 0 Å². The summed E-state index contributed by atoms with van der Waals surface area (Å²) in [6.45, 7) is -0.924. The summed E-state index contributed by atoms with van der Waals surface area (Å²) in [5, 5.41) is 8.76. The molecule has 0 amide bonds. The average molecular weight is 387 g/mol. The standard InChI is InChI=1S/C8H4F6INO2/c9-7(10,11)5-4(15)1-3(2-17)6(16-5)18-8(12,13)14/h1,17H,2H2. The zero-order valence-corrected chi connectivity index (χ0v) is 10.4. The van der Waals surface area contributed by atoms with E-state index in [0.29, 0.717) is 0 Å². The van der Waals surface area contributed by atoms with Crippen molar-refractivity contribution in [2.45, 2.75) is 19.1 Å². The van der Waals surface area contributed by atoms with Gasteiger partial charge in [0.05, 0.1) is 6.61 Å². The minimum absolute atomic E-state index is 0.432. The molecule has 0 saturated heterocycles. The van der Waals surface area contributed by atoms with Crippen molar-refractivity contribution < 1.29 is 36.2 Å². The van der Waals surface area contributed by atoms with Crippen molar-refractivity contribution in [3.63, 3.8) is 0 Å². The molecule has 0 aliphatic rings. The first-order valence-electron chi connectivity index (χ1n) is 4.18. The number of pyridine rings is 1. The first-order valence-corrected chi connectivity index (χ1v) is 5.25. The lowest BCUT2D eigenvalue weighted by Gasteiger charge is -2.15. The Kier molecular flexibility index (Phi) is 4.30. The lowest BCUT2D eigenvalue weighted by atomic mass is 10.2. The highest BCUT2D eigenvalue weighted by atomic mass is 127. The third-order valence-electron chi connectivity index (χ3n) is 1.67. The van der Waals surface area contributed by atoms with E-state index in [4.69, 9.17) is 5.11 Å². The van der Waals surface area contributed by atoms with Crippen LogP contribution in [0.25, 0.3) is 0 Å². The monoisotopic (exact) mass is 387 g/mol. The second-order valence-electron chi connectivity index (χ2n) is 2.99. The van der Waals surface area contributed by atoms with Gasteiger partial charge < -0.3 is 9.84 Å². The largest absolute Gasteiger partial charge is 0.574 e. The van der Waals surface area contributed by atoms with Gasteiger partial charge >= 0.3 is 12.5 Å². The van der Waals surface area contributed by atoms with Crippen LogP contribution in [0.4, 0.5) is 26.3 Å². The van der Waals surface area contributed by atoms with Gasteiger partial charge in [0, 0.05) is 9.13 Å². The SMILES string of the molecule is OCc1cc(I)c(C(F)(F)F)nc1OC(F)(F)F. The Morgan fingerprint density at radius 1 is 1.22 bits per heavy atom. The molecule has 3 nitrogen and oxygen atoms in total. The van der Waals surface area contributed by atoms with Crippen LogP contribution in [0, 0.1) is 3.57 Å². The highest BCUT2D eigenvalue weighted by molar-refractivity contribution is 14.1. The number of hydrogen-bond donors (Lipinski definition) is 1. The molecule has 0 bridgehead atoms. The fourth-order valence-electron chi connectivity index (χ4n) is 1.02. The molecule has 0 fully saturated rings. The van der Waals surface area contributed by atoms with Crippen molar-refractivity contribution in [1.29, 1.82) is 0 Å². The Hall–Kier alpha value is -0.780. The van der Waals surface area contributed by atoms with E-state index in [1.54, 1.807) is 0 Å². The van der Waals surface area contributed by atoms with Crippen LogP contribution >= 0.6 is 22.6 Å². The minimum Gasteiger partial charge on any atom is -0.391 e. The van der Waals surface area contributed by atoms with Gasteiger partial charge in [-0.25, -0.2) is 4.98 Å². The van der Waals surface area contributed by atoms with Crippen molar-refractivity contribution in [3.8, 4) is 5.88 Å². The van der Waals surface area contributed by atoms with E-state index in [9.17, 15) is 26.3 Å². The Morgan fingerprint density at radius 2 is 1.78 bits per heavy atom. The van der Waals surface area contributed by atoms with Crippen molar-refractivity contribution in [3.05, 3.63) is 20.9 Å². The zero-order valence-electron chi connectivity index (χ0n) is 8.23. The summed E-state index contributed by atoms with van der Waals surface area (Å²) in [5.41, 5.74) is -1.98. The van der Waals surface area contributed by atoms with Crippen LogP contribution in [0.5, 0.6) is 5.88 Å². The number of aromatic nitrogens is 1. The number of halogens is 7. The fraction of sp³-hybridized carbons (Fsp3) is 0.375. The summed E-state index contributed by atoms with van der Waals surface area (Å²) in [7, 11) is 0. The van der Waals surface area contributed by atoms with Crippen LogP contribution in [0.1, 0.15) is 11.3 Å². The fourth-order valence-corrected chi connectivity index (χ4v) is 1.82. The van der Waals surface area contributed by atoms with Crippen molar-refractivity contribution in [2.75, 3.05) is 0 Å². The zero-order chi connectivity index (χ0) is 14.1. The smallest absolute Gasteiger partial charge is 0.391 e. The molecule has 0 radical (unpaired) electrons. The number of hydrogen-bond acceptors (Lipinski definition) is 3. The molecule has 10 heteroatoms. The molecule has 0 aliphatic carbocycles. The van der Waals surface area contributed by atoms with E-state index < -0.39 is 39.9 Å². The molecule has 0 spiro atoms. The molecule has 18 heavy (non-hydrogen) atoms. The van der Waals surface area contributed by atoms with Gasteiger partial charge in [-0.05, 0) is 28.7 Å². The van der Waals surface area contributed by atoms with Crippen LogP contribution < -0.4 is 4.74 Å². The van der Waals surface area contributed by atoms with E-state index in [-0.39, 0.29) is 0 Å². The van der Waals surface area contributed by atoms with Crippen LogP contribution in [0.15, 0.2) is 6.07 Å². The quantitative estimate of drug-likeness (QED) is 0.627. The Morgan fingerprint density at radius 3 is 2.17 bits per heavy atom. The Balaban J connectivity index is 3.31. The average Bonchev–Trinajstić information content (AvgIpc) is 2.16. The maximum absolute atomic E-state index is 12.4. The number of alkyl halides is 6. The van der Waals surface area contributed by atoms with Crippen LogP contribution in [0.3, 0.4) is 0 Å². The summed E-state index contributed by atoms with van der Waals surface area (Å²) in [5.74, 6) is -1.31. The Bertz CT molecular complexity index is 444. The highest BCUT2D eigenvalue weighted by Gasteiger charge is 2.38. The van der Waals surface area contributed by atoms with Crippen molar-refractivity contribution >= 4 is 22.6 Å². The first-order chi connectivity index (χ1) is 8.04. The van der Waals surface area contributed by atoms with E-state index >= 15 is 0 Å². The van der Waals surface area contributed by atoms with Gasteiger partial charge in [0.1, 0.15) is 0 Å². The summed E-state index contributed by atoms with van der Waals surface area (Å²) in [6.07, 6.45) is -10.1. The van der Waals surface area contributed by atoms with Crippen LogP contribution in [-0.2, 0) is 12.8 Å². The van der Waals surface area contributed by atoms with Crippen molar-refractivity contribution in [1.82, 2.24) is 4.98 Å². The maximum atomic E-state index is 12.4. The molecule has 102 valence electrons. The molecular weight excluding hydrogens is 383 g/mol. The lowest BCUT2D eigenvalue weighted by molar-refractivity contribution is -0.276. The molecule has 0 aliphatic heterocycles. The number of nitrogens with zero attached hydrogens (tertiary/aromatic N) is 1. The summed E-state index contributed by atoms with van der Waals surface area (Å²) >= 11 is 1.26. The molecule has 1 aromatic heterocycles. The number of aliphatic hydroxyl groups excluding tert-OH is 1. The third kappa shape index (κ3) is 3.86. The highest BCUT2D eigenvalue weighted by Crippen LogP contribution is 2.35. The van der Waals surface area contributed by atoms with E-state index in [1.165, 1.54) is 22.6 Å². The topological polar surface area (TPSA) is 42.4 Å². The summed E-state index contributed by atoms with van der Waals surface area (Å²) in [4.78, 5) is 2.76. The second kappa shape index (κ2) is 5.07. The van der Waals surface area contributed by atoms with Crippen molar-refractivity contribution in [2.24, 2.45) is 0 Å². The lowest BCUT2D eigenvalue weighted by Crippen LogP contribution is -2.21. The molecule has 0 saturated carbocycles. The third-order valence-corrected chi connectivity index (χ3v) is 2.49. The Labute approximate surface area is 110 Å². The van der Waals surface area contributed by atoms with Gasteiger partial charge in [-0.15, -0.1) is 13.2 Å². The van der Waals surface area contributed by atoms with E-state index in [1.807, 2.05) is 0 Å². The molecular formula is C8H4F6INO2. The predicted octanol–water partition coefficient (Wildman–Crippen LogP) is 3.10. The van der Waals surface area contributed by atoms with Gasteiger partial charge in [-0.2, -0.15) is 13.2 Å². The van der Waals surface area contributed by atoms with E-state index in [2.05, 4.69) is 9.72 Å². The predicted molar refractivity (Wildman–Crippen MR) is 54.6 cm³/mol. The first kappa shape index (κ1) is 15.3. The van der Waals surface area contributed by atoms with Gasteiger partial charge in [0.25, 0.3) is 0 Å². The minimum atomic E-state index is -5.19. The van der Waals surface area contributed by atoms with Gasteiger partial charge in [-0.3, -0.25) is 0 Å². The number of rotatable bonds is 2. The summed E-state index contributed by atoms with van der Waals surface area (Å²) in [6, 6.07) is 0.734. The maximum Gasteiger partial charge on any atom is 0.574 e. The molecule has 0 aromatic carbocycles. The molecule has 1 rings (SSSR count). The molecule has 1 heterocycles. The molecule has 1 aromatic rings. The molecule has 0 atom stereocenters. The van der Waals surface area contributed by atoms with Gasteiger partial charge in [0.15, 0.2) is 5.69 Å². The normalized spacial score (nSPS) is 12.7. The van der Waals surface area contributed by atoms with E-state index in [0.717, 1.165) is 6.07 Å². The molecule has 1 N–H and O–H groups in total.